The van der Waals surface area contributed by atoms with E-state index < -0.39 is 97.5 Å². The van der Waals surface area contributed by atoms with Crippen LogP contribution in [0.15, 0.2) is 48.6 Å². The average molecular weight is 1320 g/mol. The summed E-state index contributed by atoms with van der Waals surface area (Å²) >= 11 is 0. The topological polar surface area (TPSA) is 237 Å². The third-order valence-corrected chi connectivity index (χ3v) is 17.3. The van der Waals surface area contributed by atoms with Crippen molar-refractivity contribution in [2.24, 2.45) is 0 Å². The number of ether oxygens (including phenoxy) is 4. The number of hydrogen-bond donors (Lipinski definition) is 3. The van der Waals surface area contributed by atoms with E-state index in [0.717, 1.165) is 135 Å². The van der Waals surface area contributed by atoms with Crippen LogP contribution in [0, 0.1) is 0 Å². The number of aliphatic hydroxyl groups excluding tert-OH is 1. The second-order valence-corrected chi connectivity index (χ2v) is 27.2. The molecule has 0 spiro atoms. The van der Waals surface area contributed by atoms with Crippen LogP contribution in [0.1, 0.15) is 323 Å². The zero-order chi connectivity index (χ0) is 66.1. The molecule has 0 saturated carbocycles. The lowest BCUT2D eigenvalue weighted by molar-refractivity contribution is -0.161. The standard InChI is InChI=1S/C71H130O17P2/c1-5-9-13-17-21-24-27-30-32-35-37-40-44-48-52-56-69(74)82-62-67(88-71(76)58-54-50-46-42-39-36-33-31-28-25-22-18-14-10-6-2)64-86-90(79,80)84-60-65(72)59-83-89(77,78)85-63-66(61-81-68(73)55-51-47-43-20-16-12-8-4)87-70(75)57-53-49-45-41-38-34-29-26-23-19-15-11-7-3/h24-25,27-28,30-33,65-67,72H,5-23,26,29,34-64H2,1-4H3,(H,77,78)(H,79,80)/b27-24-,28-25-,32-30-,33-31-/t65-,66+,67+/m0/s1. The molecule has 19 heteroatoms. The SMILES string of the molecule is CCCCCC/C=C\C=C/CCCCCCCC(=O)OC[C@H](COP(=O)(O)OC[C@@H](O)COP(=O)(O)OC[C@@H](COC(=O)CCCCCCCCC)OC(=O)CCCCCCCCCCCCCCC)OC(=O)CCCCCCC/C=C\C=C/CCCCCC. The van der Waals surface area contributed by atoms with Gasteiger partial charge in [-0.25, -0.2) is 9.13 Å². The van der Waals surface area contributed by atoms with Crippen LogP contribution >= 0.6 is 15.6 Å². The number of carbonyl (C=O) groups excluding carboxylic acids is 4. The number of phosphoric ester groups is 2. The fourth-order valence-corrected chi connectivity index (χ4v) is 11.4. The lowest BCUT2D eigenvalue weighted by atomic mass is 10.0. The molecule has 0 aliphatic rings. The van der Waals surface area contributed by atoms with Gasteiger partial charge >= 0.3 is 39.5 Å². The normalized spacial score (nSPS) is 14.3. The van der Waals surface area contributed by atoms with E-state index in [1.807, 2.05) is 0 Å². The van der Waals surface area contributed by atoms with Crippen molar-refractivity contribution in [2.45, 2.75) is 341 Å². The Morgan fingerprint density at radius 1 is 0.311 bits per heavy atom. The highest BCUT2D eigenvalue weighted by Crippen LogP contribution is 2.45. The van der Waals surface area contributed by atoms with Gasteiger partial charge in [0.05, 0.1) is 26.4 Å². The van der Waals surface area contributed by atoms with Gasteiger partial charge in [0.25, 0.3) is 0 Å². The predicted molar refractivity (Wildman–Crippen MR) is 363 cm³/mol. The Bertz CT molecular complexity index is 1910. The van der Waals surface area contributed by atoms with E-state index in [1.54, 1.807) is 0 Å². The Balaban J connectivity index is 5.28. The maximum atomic E-state index is 13.0. The van der Waals surface area contributed by atoms with Gasteiger partial charge in [-0.05, 0) is 77.0 Å². The summed E-state index contributed by atoms with van der Waals surface area (Å²) in [6, 6.07) is 0. The molecule has 0 bridgehead atoms. The van der Waals surface area contributed by atoms with Crippen molar-refractivity contribution in [3.8, 4) is 0 Å². The zero-order valence-electron chi connectivity index (χ0n) is 57.1. The third-order valence-electron chi connectivity index (χ3n) is 15.4. The molecule has 90 heavy (non-hydrogen) atoms. The summed E-state index contributed by atoms with van der Waals surface area (Å²) in [5.41, 5.74) is 0. The molecule has 0 aliphatic heterocycles. The number of phosphoric acid groups is 2. The van der Waals surface area contributed by atoms with E-state index >= 15 is 0 Å². The monoisotopic (exact) mass is 1320 g/mol. The van der Waals surface area contributed by atoms with Crippen molar-refractivity contribution < 1.29 is 80.2 Å². The summed E-state index contributed by atoms with van der Waals surface area (Å²) in [5, 5.41) is 10.6. The Morgan fingerprint density at radius 2 is 0.533 bits per heavy atom. The van der Waals surface area contributed by atoms with E-state index in [9.17, 15) is 43.2 Å². The van der Waals surface area contributed by atoms with E-state index in [4.69, 9.17) is 37.0 Å². The van der Waals surface area contributed by atoms with Gasteiger partial charge in [0.15, 0.2) is 12.2 Å². The molecule has 5 atom stereocenters. The van der Waals surface area contributed by atoms with Crippen LogP contribution in [-0.2, 0) is 65.4 Å². The molecule has 0 rings (SSSR count). The minimum absolute atomic E-state index is 0.0784. The third kappa shape index (κ3) is 63.8. The van der Waals surface area contributed by atoms with Crippen LogP contribution in [0.2, 0.25) is 0 Å². The first kappa shape index (κ1) is 87.0. The van der Waals surface area contributed by atoms with Crippen molar-refractivity contribution in [1.29, 1.82) is 0 Å². The van der Waals surface area contributed by atoms with Crippen molar-refractivity contribution in [3.05, 3.63) is 48.6 Å². The van der Waals surface area contributed by atoms with E-state index in [1.165, 1.54) is 109 Å². The van der Waals surface area contributed by atoms with E-state index in [0.29, 0.717) is 25.7 Å². The zero-order valence-corrected chi connectivity index (χ0v) is 58.9. The number of hydrogen-bond acceptors (Lipinski definition) is 15. The largest absolute Gasteiger partial charge is 0.472 e. The molecule has 0 aromatic carbocycles. The van der Waals surface area contributed by atoms with Gasteiger partial charge in [-0.2, -0.15) is 0 Å². The molecule has 0 aliphatic carbocycles. The van der Waals surface area contributed by atoms with Gasteiger partial charge in [0.2, 0.25) is 0 Å². The van der Waals surface area contributed by atoms with Crippen LogP contribution in [0.5, 0.6) is 0 Å². The van der Waals surface area contributed by atoms with Gasteiger partial charge < -0.3 is 33.8 Å². The molecule has 2 unspecified atom stereocenters. The Hall–Kier alpha value is -2.98. The fraction of sp³-hybridized carbons (Fsp3) is 0.831. The molecular formula is C71H130O17P2. The molecule has 0 fully saturated rings. The molecule has 0 heterocycles. The first-order valence-corrected chi connectivity index (χ1v) is 38.9. The summed E-state index contributed by atoms with van der Waals surface area (Å²) < 4.78 is 68.1. The van der Waals surface area contributed by atoms with Crippen molar-refractivity contribution in [3.63, 3.8) is 0 Å². The number of esters is 4. The maximum absolute atomic E-state index is 13.0. The highest BCUT2D eigenvalue weighted by atomic mass is 31.2. The molecule has 3 N–H and O–H groups in total. The average Bonchev–Trinajstić information content (AvgIpc) is 3.74. The van der Waals surface area contributed by atoms with Crippen LogP contribution < -0.4 is 0 Å². The lowest BCUT2D eigenvalue weighted by Crippen LogP contribution is -2.30. The quantitative estimate of drug-likeness (QED) is 0.0169. The number of unbranched alkanes of at least 4 members (excludes halogenated alkanes) is 36. The highest BCUT2D eigenvalue weighted by Gasteiger charge is 2.30. The minimum Gasteiger partial charge on any atom is -0.462 e. The molecule has 17 nitrogen and oxygen atoms in total. The summed E-state index contributed by atoms with van der Waals surface area (Å²) in [6.07, 6.45) is 58.5. The molecule has 0 radical (unpaired) electrons. The Morgan fingerprint density at radius 3 is 0.811 bits per heavy atom. The van der Waals surface area contributed by atoms with E-state index in [2.05, 4.69) is 76.3 Å². The fourth-order valence-electron chi connectivity index (χ4n) is 9.79. The van der Waals surface area contributed by atoms with E-state index in [-0.39, 0.29) is 25.7 Å². The van der Waals surface area contributed by atoms with Crippen molar-refractivity contribution in [1.82, 2.24) is 0 Å². The molecule has 0 saturated heterocycles. The smallest absolute Gasteiger partial charge is 0.462 e. The lowest BCUT2D eigenvalue weighted by Gasteiger charge is -2.21. The second-order valence-electron chi connectivity index (χ2n) is 24.3. The van der Waals surface area contributed by atoms with Gasteiger partial charge in [-0.1, -0.05) is 269 Å². The van der Waals surface area contributed by atoms with Crippen LogP contribution in [0.25, 0.3) is 0 Å². The highest BCUT2D eigenvalue weighted by molar-refractivity contribution is 7.47. The summed E-state index contributed by atoms with van der Waals surface area (Å²) in [7, 11) is -9.92. The molecule has 0 aromatic heterocycles. The van der Waals surface area contributed by atoms with Crippen molar-refractivity contribution in [2.75, 3.05) is 39.6 Å². The van der Waals surface area contributed by atoms with Gasteiger partial charge in [-0.15, -0.1) is 0 Å². The predicted octanol–water partition coefficient (Wildman–Crippen LogP) is 19.8. The first-order chi connectivity index (χ1) is 43.7. The van der Waals surface area contributed by atoms with Gasteiger partial charge in [0.1, 0.15) is 19.3 Å². The number of aliphatic hydroxyl groups is 1. The summed E-state index contributed by atoms with van der Waals surface area (Å²) in [4.78, 5) is 72.4. The number of carbonyl (C=O) groups is 4. The van der Waals surface area contributed by atoms with Gasteiger partial charge in [0, 0.05) is 25.7 Å². The Labute approximate surface area is 547 Å². The Kier molecular flexibility index (Phi) is 62.6. The van der Waals surface area contributed by atoms with Gasteiger partial charge in [-0.3, -0.25) is 37.3 Å². The number of rotatable bonds is 68. The molecular weight excluding hydrogens is 1190 g/mol. The molecule has 0 aromatic rings. The summed E-state index contributed by atoms with van der Waals surface area (Å²) in [6.45, 7) is 4.78. The molecule has 0 amide bonds. The summed E-state index contributed by atoms with van der Waals surface area (Å²) in [5.74, 6) is -2.19. The first-order valence-electron chi connectivity index (χ1n) is 35.9. The second kappa shape index (κ2) is 64.7. The molecule has 526 valence electrons. The maximum Gasteiger partial charge on any atom is 0.472 e. The van der Waals surface area contributed by atoms with Crippen LogP contribution in [0.3, 0.4) is 0 Å². The number of allylic oxidation sites excluding steroid dienone is 8. The van der Waals surface area contributed by atoms with Crippen LogP contribution in [-0.4, -0.2) is 96.7 Å². The minimum atomic E-state index is -4.97. The van der Waals surface area contributed by atoms with Crippen molar-refractivity contribution >= 4 is 39.5 Å². The van der Waals surface area contributed by atoms with Crippen LogP contribution in [0.4, 0.5) is 0 Å².